The van der Waals surface area contributed by atoms with Gasteiger partial charge in [-0.3, -0.25) is 4.79 Å². The molecule has 2 saturated carbocycles. The normalized spacial score (nSPS) is 20.1. The summed E-state index contributed by atoms with van der Waals surface area (Å²) < 4.78 is 89.0. The molecule has 12 heteroatoms. The van der Waals surface area contributed by atoms with Crippen LogP contribution in [0.1, 0.15) is 54.4 Å². The van der Waals surface area contributed by atoms with E-state index in [2.05, 4.69) is 5.32 Å². The first kappa shape index (κ1) is 24.9. The van der Waals surface area contributed by atoms with Gasteiger partial charge in [-0.05, 0) is 19.1 Å². The van der Waals surface area contributed by atoms with Crippen LogP contribution in [-0.2, 0) is 32.5 Å². The zero-order valence-electron chi connectivity index (χ0n) is 19.2. The Balaban J connectivity index is 1.83. The number of carbonyl (C=O) groups excluding carboxylic acids is 1. The standard InChI is InChI=1S/C22H25F6N4OS/c1-19(10-21(24,25)11-19)12-32-16(18(33)29-13-5-8-30(2)14(9-13)34-4)15(22(26,27)28)17(31(32)3)20(23)6-7-20/h5,8-9H,6-7,10-12H2,1-4H3/q+1/p+1. The van der Waals surface area contributed by atoms with Crippen molar-refractivity contribution >= 4 is 23.4 Å². The van der Waals surface area contributed by atoms with Gasteiger partial charge >= 0.3 is 17.8 Å². The summed E-state index contributed by atoms with van der Waals surface area (Å²) in [5.41, 5.74) is -5.74. The molecule has 2 aromatic heterocycles. The van der Waals surface area contributed by atoms with Crippen molar-refractivity contribution in [3.8, 4) is 0 Å². The number of alkyl halides is 6. The van der Waals surface area contributed by atoms with E-state index in [1.807, 2.05) is 6.26 Å². The highest BCUT2D eigenvalue weighted by Gasteiger charge is 2.61. The van der Waals surface area contributed by atoms with Gasteiger partial charge in [-0.1, -0.05) is 18.7 Å². The van der Waals surface area contributed by atoms with Gasteiger partial charge in [0.1, 0.15) is 12.7 Å². The molecule has 1 N–H and O–H groups in total. The van der Waals surface area contributed by atoms with Gasteiger partial charge in [-0.15, -0.1) is 4.68 Å². The third-order valence-corrected chi connectivity index (χ3v) is 7.33. The van der Waals surface area contributed by atoms with Gasteiger partial charge in [-0.2, -0.15) is 22.4 Å². The molecule has 4 rings (SSSR count). The fourth-order valence-corrected chi connectivity index (χ4v) is 5.50. The van der Waals surface area contributed by atoms with Crippen molar-refractivity contribution in [3.05, 3.63) is 35.3 Å². The van der Waals surface area contributed by atoms with Crippen molar-refractivity contribution < 1.29 is 40.4 Å². The Morgan fingerprint density at radius 3 is 2.35 bits per heavy atom. The minimum atomic E-state index is -5.02. The number of anilines is 1. The summed E-state index contributed by atoms with van der Waals surface area (Å²) in [6, 6.07) is 3.14. The van der Waals surface area contributed by atoms with Crippen molar-refractivity contribution in [3.63, 3.8) is 0 Å². The van der Waals surface area contributed by atoms with Crippen LogP contribution in [0.2, 0.25) is 0 Å². The van der Waals surface area contributed by atoms with Crippen LogP contribution in [0, 0.1) is 5.41 Å². The molecule has 0 spiro atoms. The number of nitrogens with one attached hydrogen (secondary N) is 1. The van der Waals surface area contributed by atoms with Gasteiger partial charge in [-0.25, -0.2) is 13.2 Å². The molecule has 0 aliphatic heterocycles. The quantitative estimate of drug-likeness (QED) is 0.354. The number of amides is 1. The molecular weight excluding hydrogens is 482 g/mol. The number of aromatic nitrogens is 3. The summed E-state index contributed by atoms with van der Waals surface area (Å²) in [6.07, 6.45) is -2.82. The van der Waals surface area contributed by atoms with Crippen molar-refractivity contribution in [1.82, 2.24) is 4.68 Å². The molecule has 0 bridgehead atoms. The second kappa shape index (κ2) is 7.89. The Hall–Kier alpha value is -2.24. The van der Waals surface area contributed by atoms with E-state index in [0.717, 1.165) is 14.4 Å². The molecule has 2 aromatic rings. The number of pyridine rings is 1. The van der Waals surface area contributed by atoms with E-state index >= 15 is 4.39 Å². The minimum absolute atomic E-state index is 0.101. The molecular formula is C22H26F6N4OS+2. The summed E-state index contributed by atoms with van der Waals surface area (Å²) in [4.78, 5) is 13.3. The third kappa shape index (κ3) is 4.40. The van der Waals surface area contributed by atoms with Crippen LogP contribution >= 0.6 is 11.8 Å². The molecule has 2 aliphatic carbocycles. The molecule has 34 heavy (non-hydrogen) atoms. The molecule has 0 saturated heterocycles. The smallest absolute Gasteiger partial charge is 0.316 e. The molecule has 2 aliphatic rings. The Morgan fingerprint density at radius 1 is 1.24 bits per heavy atom. The number of halogens is 6. The van der Waals surface area contributed by atoms with Gasteiger partial charge < -0.3 is 5.32 Å². The van der Waals surface area contributed by atoms with Gasteiger partial charge in [0.15, 0.2) is 24.0 Å². The van der Waals surface area contributed by atoms with E-state index < -0.39 is 58.9 Å². The fraction of sp³-hybridized carbons (Fsp3) is 0.591. The molecule has 5 nitrogen and oxygen atoms in total. The SMILES string of the molecule is CSc1cc(NC(=O)c2c(C(F)(F)F)c(C3(F)CC3)n(C)[n+]2CC2(C)CC(F)(F)C2)cc[n+]1C. The average Bonchev–Trinajstić information content (AvgIpc) is 3.35. The largest absolute Gasteiger partial charge is 0.425 e. The topological polar surface area (TPSA) is 41.8 Å². The molecule has 0 atom stereocenters. The Bertz CT molecular complexity index is 1150. The Morgan fingerprint density at radius 2 is 1.85 bits per heavy atom. The van der Waals surface area contributed by atoms with Crippen molar-refractivity contribution in [2.24, 2.45) is 19.5 Å². The van der Waals surface area contributed by atoms with E-state index in [0.29, 0.717) is 0 Å². The van der Waals surface area contributed by atoms with Crippen molar-refractivity contribution in [2.75, 3.05) is 11.6 Å². The summed E-state index contributed by atoms with van der Waals surface area (Å²) in [5.74, 6) is -3.99. The first-order valence-electron chi connectivity index (χ1n) is 10.7. The van der Waals surface area contributed by atoms with Gasteiger partial charge in [0.05, 0.1) is 12.7 Å². The molecule has 0 radical (unpaired) electrons. The van der Waals surface area contributed by atoms with E-state index in [9.17, 15) is 26.7 Å². The lowest BCUT2D eigenvalue weighted by Crippen LogP contribution is -2.58. The molecule has 2 heterocycles. The van der Waals surface area contributed by atoms with Crippen LogP contribution in [0.4, 0.5) is 32.0 Å². The predicted molar refractivity (Wildman–Crippen MR) is 112 cm³/mol. The number of nitrogens with zero attached hydrogens (tertiary/aromatic N) is 3. The zero-order valence-corrected chi connectivity index (χ0v) is 20.0. The van der Waals surface area contributed by atoms with Crippen LogP contribution in [-0.4, -0.2) is 22.8 Å². The number of aryl methyl sites for hydroxylation is 1. The second-order valence-electron chi connectivity index (χ2n) is 9.66. The number of hydrogen-bond donors (Lipinski definition) is 1. The number of rotatable bonds is 6. The lowest BCUT2D eigenvalue weighted by Gasteiger charge is -2.42. The molecule has 186 valence electrons. The molecule has 1 amide bonds. The average molecular weight is 509 g/mol. The van der Waals surface area contributed by atoms with E-state index in [1.54, 1.807) is 23.9 Å². The van der Waals surface area contributed by atoms with Crippen molar-refractivity contribution in [1.29, 1.82) is 0 Å². The van der Waals surface area contributed by atoms with Crippen LogP contribution in [0.15, 0.2) is 23.4 Å². The fourth-order valence-electron chi connectivity index (χ4n) is 4.91. The molecule has 2 fully saturated rings. The minimum Gasteiger partial charge on any atom is -0.316 e. The highest BCUT2D eigenvalue weighted by atomic mass is 32.2. The monoisotopic (exact) mass is 508 g/mol. The Labute approximate surface area is 197 Å². The molecule has 0 aromatic carbocycles. The van der Waals surface area contributed by atoms with Crippen LogP contribution in [0.5, 0.6) is 0 Å². The van der Waals surface area contributed by atoms with Crippen LogP contribution in [0.3, 0.4) is 0 Å². The highest BCUT2D eigenvalue weighted by molar-refractivity contribution is 7.98. The van der Waals surface area contributed by atoms with E-state index in [1.165, 1.54) is 31.8 Å². The number of hydrogen-bond acceptors (Lipinski definition) is 2. The lowest BCUT2D eigenvalue weighted by molar-refractivity contribution is -0.788. The van der Waals surface area contributed by atoms with E-state index in [-0.39, 0.29) is 25.1 Å². The molecule has 0 unspecified atom stereocenters. The first-order chi connectivity index (χ1) is 15.6. The maximum atomic E-state index is 15.2. The second-order valence-corrected chi connectivity index (χ2v) is 10.5. The van der Waals surface area contributed by atoms with Crippen molar-refractivity contribution in [2.45, 2.75) is 61.9 Å². The van der Waals surface area contributed by atoms with E-state index in [4.69, 9.17) is 0 Å². The maximum Gasteiger partial charge on any atom is 0.425 e. The van der Waals surface area contributed by atoms with Crippen LogP contribution in [0.25, 0.3) is 0 Å². The lowest BCUT2D eigenvalue weighted by atomic mass is 9.67. The summed E-state index contributed by atoms with van der Waals surface area (Å²) in [7, 11) is 3.03. The Kier molecular flexibility index (Phi) is 5.77. The predicted octanol–water partition coefficient (Wildman–Crippen LogP) is 4.52. The van der Waals surface area contributed by atoms with Crippen LogP contribution < -0.4 is 14.6 Å². The summed E-state index contributed by atoms with van der Waals surface area (Å²) in [5, 5.41) is 3.24. The first-order valence-corrected chi connectivity index (χ1v) is 11.9. The number of carbonyl (C=O) groups is 1. The summed E-state index contributed by atoms with van der Waals surface area (Å²) in [6.45, 7) is 1.25. The van der Waals surface area contributed by atoms with Gasteiger partial charge in [0, 0.05) is 30.4 Å². The maximum absolute atomic E-state index is 15.2. The third-order valence-electron chi connectivity index (χ3n) is 6.50. The zero-order chi connectivity index (χ0) is 25.3. The van der Waals surface area contributed by atoms with Gasteiger partial charge in [0.2, 0.25) is 10.9 Å². The summed E-state index contributed by atoms with van der Waals surface area (Å²) >= 11 is 1.38. The highest BCUT2D eigenvalue weighted by Crippen LogP contribution is 2.55. The number of thioether (sulfide) groups is 1. The van der Waals surface area contributed by atoms with Gasteiger partial charge in [0.25, 0.3) is 0 Å².